The Morgan fingerprint density at radius 2 is 2.16 bits per heavy atom. The van der Waals surface area contributed by atoms with Crippen LogP contribution in [0.4, 0.5) is 4.39 Å². The first-order valence-corrected chi connectivity index (χ1v) is 7.23. The lowest BCUT2D eigenvalue weighted by Gasteiger charge is -2.18. The van der Waals surface area contributed by atoms with E-state index < -0.39 is 0 Å². The molecule has 1 N–H and O–H groups in total. The molecule has 2 nitrogen and oxygen atoms in total. The fraction of sp³-hybridized carbons (Fsp3) is 0.286. The standard InChI is InChI=1S/C14H14BrClFNO/c1-2-8-18-14(11-6-7-12(16)19-11)9-4-3-5-10(15)13(9)17/h3-7,14,18H,2,8H2,1H3. The van der Waals surface area contributed by atoms with E-state index in [9.17, 15) is 4.39 Å². The summed E-state index contributed by atoms with van der Waals surface area (Å²) in [5.74, 6) is 0.319. The molecule has 2 aromatic rings. The van der Waals surface area contributed by atoms with E-state index in [1.165, 1.54) is 0 Å². The van der Waals surface area contributed by atoms with Crippen molar-refractivity contribution in [2.75, 3.05) is 6.54 Å². The number of rotatable bonds is 5. The molecule has 0 saturated heterocycles. The van der Waals surface area contributed by atoms with Crippen molar-refractivity contribution < 1.29 is 8.81 Å². The highest BCUT2D eigenvalue weighted by atomic mass is 79.9. The fourth-order valence-electron chi connectivity index (χ4n) is 1.88. The zero-order chi connectivity index (χ0) is 13.8. The van der Waals surface area contributed by atoms with Gasteiger partial charge in [-0.15, -0.1) is 0 Å². The Balaban J connectivity index is 2.39. The highest BCUT2D eigenvalue weighted by Crippen LogP contribution is 2.30. The number of benzene rings is 1. The van der Waals surface area contributed by atoms with Crippen LogP contribution < -0.4 is 5.32 Å². The van der Waals surface area contributed by atoms with Crippen LogP contribution >= 0.6 is 27.5 Å². The van der Waals surface area contributed by atoms with Crippen LogP contribution in [0.2, 0.25) is 5.22 Å². The Morgan fingerprint density at radius 3 is 2.79 bits per heavy atom. The van der Waals surface area contributed by atoms with Crippen LogP contribution in [0.1, 0.15) is 30.7 Å². The van der Waals surface area contributed by atoms with Gasteiger partial charge in [-0.2, -0.15) is 0 Å². The molecule has 1 atom stereocenters. The second-order valence-electron chi connectivity index (χ2n) is 4.17. The zero-order valence-corrected chi connectivity index (χ0v) is 12.8. The van der Waals surface area contributed by atoms with E-state index in [0.29, 0.717) is 21.0 Å². The Kier molecular flexibility index (Phi) is 5.02. The molecule has 1 heterocycles. The maximum absolute atomic E-state index is 14.2. The minimum Gasteiger partial charge on any atom is -0.448 e. The molecular formula is C14H14BrClFNO. The summed E-state index contributed by atoms with van der Waals surface area (Å²) in [6, 6.07) is 8.29. The van der Waals surface area contributed by atoms with E-state index in [4.69, 9.17) is 16.0 Å². The van der Waals surface area contributed by atoms with Gasteiger partial charge in [-0.3, -0.25) is 0 Å². The molecule has 0 aliphatic rings. The molecule has 2 rings (SSSR count). The quantitative estimate of drug-likeness (QED) is 0.831. The summed E-state index contributed by atoms with van der Waals surface area (Å²) in [4.78, 5) is 0. The summed E-state index contributed by atoms with van der Waals surface area (Å²) in [5, 5.41) is 3.57. The number of furan rings is 1. The minimum absolute atomic E-state index is 0.288. The lowest BCUT2D eigenvalue weighted by atomic mass is 10.0. The molecule has 0 fully saturated rings. The highest BCUT2D eigenvalue weighted by Gasteiger charge is 2.21. The average molecular weight is 347 g/mol. The van der Waals surface area contributed by atoms with E-state index in [1.807, 2.05) is 0 Å². The monoisotopic (exact) mass is 345 g/mol. The predicted octanol–water partition coefficient (Wildman–Crippen LogP) is 4.92. The molecule has 102 valence electrons. The number of halogens is 3. The Hall–Kier alpha value is -0.840. The Labute approximate surface area is 125 Å². The van der Waals surface area contributed by atoms with Crippen molar-refractivity contribution >= 4 is 27.5 Å². The lowest BCUT2D eigenvalue weighted by molar-refractivity contribution is 0.436. The first-order chi connectivity index (χ1) is 9.13. The molecule has 0 aliphatic heterocycles. The van der Waals surface area contributed by atoms with Gasteiger partial charge in [0, 0.05) is 5.56 Å². The van der Waals surface area contributed by atoms with Gasteiger partial charge >= 0.3 is 0 Å². The summed E-state index contributed by atoms with van der Waals surface area (Å²) in [6.07, 6.45) is 0.945. The number of nitrogens with one attached hydrogen (secondary N) is 1. The third-order valence-corrected chi connectivity index (χ3v) is 3.59. The number of hydrogen-bond donors (Lipinski definition) is 1. The van der Waals surface area contributed by atoms with Gasteiger partial charge in [0.15, 0.2) is 5.22 Å². The molecule has 1 aromatic heterocycles. The smallest absolute Gasteiger partial charge is 0.193 e. The molecule has 0 aliphatic carbocycles. The average Bonchev–Trinajstić information content (AvgIpc) is 2.81. The van der Waals surface area contributed by atoms with Crippen LogP contribution in [0.3, 0.4) is 0 Å². The largest absolute Gasteiger partial charge is 0.448 e. The van der Waals surface area contributed by atoms with Crippen LogP contribution in [-0.2, 0) is 0 Å². The topological polar surface area (TPSA) is 25.2 Å². The van der Waals surface area contributed by atoms with Gasteiger partial charge in [-0.05, 0) is 58.7 Å². The van der Waals surface area contributed by atoms with E-state index in [2.05, 4.69) is 28.2 Å². The van der Waals surface area contributed by atoms with Gasteiger partial charge in [-0.1, -0.05) is 19.1 Å². The predicted molar refractivity (Wildman–Crippen MR) is 78.0 cm³/mol. The van der Waals surface area contributed by atoms with E-state index in [-0.39, 0.29) is 11.9 Å². The van der Waals surface area contributed by atoms with Crippen molar-refractivity contribution in [2.45, 2.75) is 19.4 Å². The lowest BCUT2D eigenvalue weighted by Crippen LogP contribution is -2.23. The second-order valence-corrected chi connectivity index (χ2v) is 5.40. The van der Waals surface area contributed by atoms with Gasteiger partial charge in [0.2, 0.25) is 0 Å². The minimum atomic E-state index is -0.343. The Bertz CT molecular complexity index is 558. The van der Waals surface area contributed by atoms with Gasteiger partial charge in [0.1, 0.15) is 11.6 Å². The van der Waals surface area contributed by atoms with Gasteiger partial charge in [0.25, 0.3) is 0 Å². The normalized spacial score (nSPS) is 12.6. The molecule has 5 heteroatoms. The molecular weight excluding hydrogens is 333 g/mol. The van der Waals surface area contributed by atoms with Crippen molar-refractivity contribution in [3.8, 4) is 0 Å². The summed E-state index contributed by atoms with van der Waals surface area (Å²) >= 11 is 9.00. The van der Waals surface area contributed by atoms with Crippen molar-refractivity contribution in [3.05, 3.63) is 57.2 Å². The van der Waals surface area contributed by atoms with Crippen LogP contribution in [0.25, 0.3) is 0 Å². The summed E-state index contributed by atoms with van der Waals surface area (Å²) in [7, 11) is 0. The van der Waals surface area contributed by atoms with E-state index >= 15 is 0 Å². The third kappa shape index (κ3) is 3.38. The molecule has 0 saturated carbocycles. The van der Waals surface area contributed by atoms with Gasteiger partial charge in [-0.25, -0.2) is 4.39 Å². The number of hydrogen-bond acceptors (Lipinski definition) is 2. The van der Waals surface area contributed by atoms with E-state index in [1.54, 1.807) is 30.3 Å². The van der Waals surface area contributed by atoms with Crippen LogP contribution in [-0.4, -0.2) is 6.54 Å². The van der Waals surface area contributed by atoms with Gasteiger partial charge < -0.3 is 9.73 Å². The molecule has 0 bridgehead atoms. The summed E-state index contributed by atoms with van der Waals surface area (Å²) in [5.41, 5.74) is 0.536. The summed E-state index contributed by atoms with van der Waals surface area (Å²) < 4.78 is 20.1. The second kappa shape index (κ2) is 6.55. The molecule has 0 spiro atoms. The maximum Gasteiger partial charge on any atom is 0.193 e. The van der Waals surface area contributed by atoms with Gasteiger partial charge in [0.05, 0.1) is 10.5 Å². The van der Waals surface area contributed by atoms with E-state index in [0.717, 1.165) is 13.0 Å². The maximum atomic E-state index is 14.2. The molecule has 19 heavy (non-hydrogen) atoms. The molecule has 1 unspecified atom stereocenters. The summed E-state index contributed by atoms with van der Waals surface area (Å²) in [6.45, 7) is 2.81. The van der Waals surface area contributed by atoms with Crippen molar-refractivity contribution in [1.82, 2.24) is 5.32 Å². The van der Waals surface area contributed by atoms with Crippen molar-refractivity contribution in [3.63, 3.8) is 0 Å². The third-order valence-electron chi connectivity index (χ3n) is 2.77. The first kappa shape index (κ1) is 14.6. The zero-order valence-electron chi connectivity index (χ0n) is 10.4. The molecule has 0 radical (unpaired) electrons. The SMILES string of the molecule is CCCNC(c1ccc(Cl)o1)c1cccc(Br)c1F. The molecule has 1 aromatic carbocycles. The molecule has 0 amide bonds. The van der Waals surface area contributed by atoms with Crippen LogP contribution in [0.15, 0.2) is 39.2 Å². The van der Waals surface area contributed by atoms with Crippen molar-refractivity contribution in [2.24, 2.45) is 0 Å². The highest BCUT2D eigenvalue weighted by molar-refractivity contribution is 9.10. The first-order valence-electron chi connectivity index (χ1n) is 6.06. The Morgan fingerprint density at radius 1 is 1.37 bits per heavy atom. The fourth-order valence-corrected chi connectivity index (χ4v) is 2.41. The van der Waals surface area contributed by atoms with Crippen LogP contribution in [0.5, 0.6) is 0 Å². The van der Waals surface area contributed by atoms with Crippen LogP contribution in [0, 0.1) is 5.82 Å². The van der Waals surface area contributed by atoms with Crippen molar-refractivity contribution in [1.29, 1.82) is 0 Å².